The van der Waals surface area contributed by atoms with Gasteiger partial charge >= 0.3 is 0 Å². The summed E-state index contributed by atoms with van der Waals surface area (Å²) in [5.74, 6) is 0. The van der Waals surface area contributed by atoms with Crippen molar-refractivity contribution in [3.05, 3.63) is 107 Å². The van der Waals surface area contributed by atoms with Gasteiger partial charge < -0.3 is 0 Å². The normalized spacial score (nSPS) is 11.8. The van der Waals surface area contributed by atoms with Crippen molar-refractivity contribution in [1.82, 2.24) is 0 Å². The van der Waals surface area contributed by atoms with Crippen molar-refractivity contribution in [2.45, 2.75) is 78.1 Å². The summed E-state index contributed by atoms with van der Waals surface area (Å²) in [7, 11) is 0. The Bertz CT molecular complexity index is 2160. The molecule has 0 spiro atoms. The van der Waals surface area contributed by atoms with Crippen LogP contribution in [0.25, 0.3) is 70.3 Å². The first-order valence-corrected chi connectivity index (χ1v) is 23.0. The summed E-state index contributed by atoms with van der Waals surface area (Å²) in [5.41, 5.74) is 0. The Hall–Kier alpha value is -2.84. The molecule has 0 fully saturated rings. The van der Waals surface area contributed by atoms with E-state index >= 15 is 0 Å². The lowest BCUT2D eigenvalue weighted by Gasteiger charge is -1.97. The lowest BCUT2D eigenvalue weighted by Crippen LogP contribution is -1.80. The van der Waals surface area contributed by atoms with E-state index in [0.29, 0.717) is 0 Å². The van der Waals surface area contributed by atoms with Crippen LogP contribution in [0.15, 0.2) is 97.1 Å². The van der Waals surface area contributed by atoms with Gasteiger partial charge in [0.25, 0.3) is 0 Å². The van der Waals surface area contributed by atoms with Crippen LogP contribution in [0.4, 0.5) is 0 Å². The Morgan fingerprint density at radius 2 is 0.660 bits per heavy atom. The number of unbranched alkanes of at least 4 members (excludes halogenated alkanes) is 6. The van der Waals surface area contributed by atoms with Gasteiger partial charge in [0, 0.05) is 60.6 Å². The first-order chi connectivity index (χ1) is 24.7. The standard InChI is InChI=1S/C44H42S6/c1-3-5-7-9-15-29-21-23-37(45-29)41-31-17-11-13-19-33(31)43(49-41)39-27-25-35(47-39)36-26-28-40(48-36)44-34-20-14-12-18-32(34)42(50-44)38-24-22-30(46-38)16-10-8-6-4-2/h11-14,17-28H,3-10,15-16H2,1-2H3. The zero-order valence-electron chi connectivity index (χ0n) is 28.8. The van der Waals surface area contributed by atoms with E-state index in [-0.39, 0.29) is 0 Å². The fourth-order valence-corrected chi connectivity index (χ4v) is 14.1. The van der Waals surface area contributed by atoms with Gasteiger partial charge in [-0.1, -0.05) is 101 Å². The van der Waals surface area contributed by atoms with Crippen LogP contribution in [-0.4, -0.2) is 0 Å². The van der Waals surface area contributed by atoms with Crippen molar-refractivity contribution in [2.24, 2.45) is 0 Å². The summed E-state index contributed by atoms with van der Waals surface area (Å²) in [4.78, 5) is 16.9. The van der Waals surface area contributed by atoms with Crippen LogP contribution in [-0.2, 0) is 12.8 Å². The predicted molar refractivity (Wildman–Crippen MR) is 232 cm³/mol. The summed E-state index contributed by atoms with van der Waals surface area (Å²) >= 11 is 11.8. The summed E-state index contributed by atoms with van der Waals surface area (Å²) in [6, 6.07) is 36.9. The first kappa shape index (κ1) is 34.3. The van der Waals surface area contributed by atoms with Crippen LogP contribution in [0.2, 0.25) is 0 Å². The van der Waals surface area contributed by atoms with Gasteiger partial charge in [0.1, 0.15) is 0 Å². The topological polar surface area (TPSA) is 0 Å². The number of rotatable bonds is 15. The van der Waals surface area contributed by atoms with E-state index in [9.17, 15) is 0 Å². The molecular weight excluding hydrogens is 721 g/mol. The Balaban J connectivity index is 1.06. The van der Waals surface area contributed by atoms with Gasteiger partial charge in [-0.05, 0) is 74.2 Å². The second-order valence-corrected chi connectivity index (χ2v) is 19.6. The molecule has 0 radical (unpaired) electrons. The molecule has 0 N–H and O–H groups in total. The lowest BCUT2D eigenvalue weighted by atomic mass is 10.1. The van der Waals surface area contributed by atoms with Gasteiger partial charge in [0.05, 0.1) is 19.5 Å². The number of hydrogen-bond acceptors (Lipinski definition) is 6. The smallest absolute Gasteiger partial charge is 0.0528 e. The molecule has 6 heterocycles. The summed E-state index contributed by atoms with van der Waals surface area (Å²) in [6.45, 7) is 4.57. The Kier molecular flexibility index (Phi) is 10.8. The van der Waals surface area contributed by atoms with Gasteiger partial charge in [-0.15, -0.1) is 68.0 Å². The third kappa shape index (κ3) is 7.13. The van der Waals surface area contributed by atoms with Crippen LogP contribution >= 0.6 is 68.0 Å². The van der Waals surface area contributed by atoms with Crippen molar-refractivity contribution in [2.75, 3.05) is 0 Å². The zero-order chi connectivity index (χ0) is 33.9. The molecule has 0 unspecified atom stereocenters. The molecule has 0 amide bonds. The fourth-order valence-electron chi connectivity index (χ4n) is 6.82. The molecule has 0 aliphatic heterocycles. The summed E-state index contributed by atoms with van der Waals surface area (Å²) < 4.78 is 0. The predicted octanol–water partition coefficient (Wildman–Crippen LogP) is 16.9. The van der Waals surface area contributed by atoms with E-state index in [1.807, 2.05) is 68.0 Å². The molecule has 6 heteroatoms. The average molecular weight is 763 g/mol. The van der Waals surface area contributed by atoms with Crippen LogP contribution in [0.1, 0.15) is 75.0 Å². The SMILES string of the molecule is CCCCCCc1ccc(-c2sc(-c3ccc(-c4ccc(-c5sc(-c6ccc(CCCCCC)s6)c6ccccc56)s4)s3)c3ccccc23)s1. The maximum atomic E-state index is 2.37. The second kappa shape index (κ2) is 15.8. The average Bonchev–Trinajstić information content (AvgIpc) is 3.99. The molecule has 0 saturated heterocycles. The van der Waals surface area contributed by atoms with Gasteiger partial charge in [-0.3, -0.25) is 0 Å². The van der Waals surface area contributed by atoms with Gasteiger partial charge in [-0.2, -0.15) is 0 Å². The van der Waals surface area contributed by atoms with Gasteiger partial charge in [-0.25, -0.2) is 0 Å². The highest BCUT2D eigenvalue weighted by molar-refractivity contribution is 7.31. The monoisotopic (exact) mass is 762 g/mol. The van der Waals surface area contributed by atoms with E-state index in [1.165, 1.54) is 144 Å². The van der Waals surface area contributed by atoms with Crippen LogP contribution in [0.5, 0.6) is 0 Å². The molecule has 2 aromatic carbocycles. The minimum absolute atomic E-state index is 1.20. The third-order valence-corrected chi connectivity index (χ3v) is 17.3. The number of benzene rings is 2. The minimum Gasteiger partial charge on any atom is -0.139 e. The molecule has 50 heavy (non-hydrogen) atoms. The second-order valence-electron chi connectivity index (χ2n) is 13.1. The molecule has 0 saturated carbocycles. The zero-order valence-corrected chi connectivity index (χ0v) is 33.7. The van der Waals surface area contributed by atoms with E-state index in [0.717, 1.165) is 0 Å². The Labute approximate surface area is 320 Å². The van der Waals surface area contributed by atoms with E-state index in [4.69, 9.17) is 0 Å². The van der Waals surface area contributed by atoms with Crippen LogP contribution < -0.4 is 0 Å². The number of hydrogen-bond donors (Lipinski definition) is 0. The molecule has 0 aliphatic carbocycles. The maximum absolute atomic E-state index is 2.37. The number of aryl methyl sites for hydroxylation is 2. The molecular formula is C44H42S6. The Morgan fingerprint density at radius 3 is 1.04 bits per heavy atom. The number of fused-ring (bicyclic) bond motifs is 2. The molecule has 254 valence electrons. The molecule has 0 nitrogen and oxygen atoms in total. The van der Waals surface area contributed by atoms with Crippen molar-refractivity contribution in [1.29, 1.82) is 0 Å². The third-order valence-electron chi connectivity index (χ3n) is 9.47. The largest absolute Gasteiger partial charge is 0.139 e. The van der Waals surface area contributed by atoms with Gasteiger partial charge in [0.15, 0.2) is 0 Å². The molecule has 6 aromatic heterocycles. The lowest BCUT2D eigenvalue weighted by molar-refractivity contribution is 0.670. The molecule has 0 aliphatic rings. The van der Waals surface area contributed by atoms with E-state index < -0.39 is 0 Å². The van der Waals surface area contributed by atoms with E-state index in [2.05, 4.69) is 111 Å². The van der Waals surface area contributed by atoms with Crippen LogP contribution in [0, 0.1) is 0 Å². The summed E-state index contributed by atoms with van der Waals surface area (Å²) in [6.07, 6.45) is 12.9. The first-order valence-electron chi connectivity index (χ1n) is 18.1. The van der Waals surface area contributed by atoms with Gasteiger partial charge in [0.2, 0.25) is 0 Å². The fraction of sp³-hybridized carbons (Fsp3) is 0.273. The van der Waals surface area contributed by atoms with E-state index in [1.54, 1.807) is 0 Å². The highest BCUT2D eigenvalue weighted by Crippen LogP contribution is 2.51. The van der Waals surface area contributed by atoms with Crippen molar-refractivity contribution in [3.8, 4) is 48.8 Å². The highest BCUT2D eigenvalue weighted by Gasteiger charge is 2.20. The van der Waals surface area contributed by atoms with Crippen LogP contribution in [0.3, 0.4) is 0 Å². The minimum atomic E-state index is 1.20. The molecule has 8 aromatic rings. The Morgan fingerprint density at radius 1 is 0.320 bits per heavy atom. The quantitative estimate of drug-likeness (QED) is 0.0913. The number of thiophene rings is 6. The molecule has 0 bridgehead atoms. The maximum Gasteiger partial charge on any atom is 0.0528 e. The molecule has 0 atom stereocenters. The van der Waals surface area contributed by atoms with Crippen molar-refractivity contribution in [3.63, 3.8) is 0 Å². The summed E-state index contributed by atoms with van der Waals surface area (Å²) in [5, 5.41) is 5.52. The van der Waals surface area contributed by atoms with Crippen molar-refractivity contribution >= 4 is 89.6 Å². The highest BCUT2D eigenvalue weighted by atomic mass is 32.1. The molecule has 8 rings (SSSR count). The van der Waals surface area contributed by atoms with Crippen molar-refractivity contribution < 1.29 is 0 Å².